The molecule has 0 bridgehead atoms. The fraction of sp³-hybridized carbons (Fsp3) is 0.348. The normalized spacial score (nSPS) is 12.5. The Bertz CT molecular complexity index is 1170. The van der Waals surface area contributed by atoms with Crippen LogP contribution in [0.4, 0.5) is 0 Å². The third-order valence-electron chi connectivity index (χ3n) is 4.86. The maximum Gasteiger partial charge on any atom is 0.282 e. The van der Waals surface area contributed by atoms with E-state index in [1.165, 1.54) is 4.68 Å². The van der Waals surface area contributed by atoms with Gasteiger partial charge in [-0.3, -0.25) is 4.79 Å². The van der Waals surface area contributed by atoms with E-state index < -0.39 is 0 Å². The molecule has 0 aliphatic carbocycles. The van der Waals surface area contributed by atoms with E-state index in [9.17, 15) is 4.79 Å². The van der Waals surface area contributed by atoms with Gasteiger partial charge in [0.25, 0.3) is 5.56 Å². The highest BCUT2D eigenvalue weighted by molar-refractivity contribution is 9.10. The van der Waals surface area contributed by atoms with Gasteiger partial charge in [-0.05, 0) is 60.5 Å². The van der Waals surface area contributed by atoms with Crippen LogP contribution in [0.3, 0.4) is 0 Å². The van der Waals surface area contributed by atoms with Crippen molar-refractivity contribution in [1.29, 1.82) is 0 Å². The van der Waals surface area contributed by atoms with Crippen LogP contribution in [-0.2, 0) is 0 Å². The summed E-state index contributed by atoms with van der Waals surface area (Å²) in [5.74, 6) is 2.02. The average Bonchev–Trinajstić information content (AvgIpc) is 2.75. The Morgan fingerprint density at radius 1 is 1.10 bits per heavy atom. The summed E-state index contributed by atoms with van der Waals surface area (Å²) in [5, 5.41) is 5.05. The largest absolute Gasteiger partial charge is 0.493 e. The summed E-state index contributed by atoms with van der Waals surface area (Å²) in [4.78, 5) is 18.0. The maximum absolute atomic E-state index is 13.3. The Hall–Kier alpha value is -2.19. The smallest absolute Gasteiger partial charge is 0.282 e. The highest BCUT2D eigenvalue weighted by atomic mass is 79.9. The molecule has 0 fully saturated rings. The Labute approximate surface area is 198 Å². The van der Waals surface area contributed by atoms with E-state index >= 15 is 0 Å². The predicted molar refractivity (Wildman–Crippen MR) is 132 cm³/mol. The number of rotatable bonds is 8. The first-order valence-electron chi connectivity index (χ1n) is 10.2. The Kier molecular flexibility index (Phi) is 7.89. The molecular formula is C23H25Br2N3O3. The molecule has 0 N–H and O–H groups in total. The molecule has 1 heterocycles. The SMILES string of the molecule is CCOc1cc(OCC)c(C=Nn2c([C@H](C)CC)nc3ccc(Br)cc3c2=O)cc1Br. The van der Waals surface area contributed by atoms with E-state index in [0.717, 1.165) is 20.9 Å². The van der Waals surface area contributed by atoms with Crippen LogP contribution in [-0.4, -0.2) is 29.1 Å². The average molecular weight is 551 g/mol. The molecule has 1 aromatic heterocycles. The van der Waals surface area contributed by atoms with Gasteiger partial charge < -0.3 is 9.47 Å². The Balaban J connectivity index is 2.17. The van der Waals surface area contributed by atoms with Crippen molar-refractivity contribution in [2.75, 3.05) is 13.2 Å². The summed E-state index contributed by atoms with van der Waals surface area (Å²) in [7, 11) is 0. The van der Waals surface area contributed by atoms with Crippen molar-refractivity contribution in [3.63, 3.8) is 0 Å². The number of halogens is 2. The summed E-state index contributed by atoms with van der Waals surface area (Å²) in [6.07, 6.45) is 2.47. The summed E-state index contributed by atoms with van der Waals surface area (Å²) >= 11 is 6.97. The highest BCUT2D eigenvalue weighted by Crippen LogP contribution is 2.32. The molecule has 164 valence electrons. The number of fused-ring (bicyclic) bond motifs is 1. The molecular weight excluding hydrogens is 526 g/mol. The van der Waals surface area contributed by atoms with Crippen LogP contribution in [0.15, 0.2) is 49.2 Å². The van der Waals surface area contributed by atoms with E-state index in [1.807, 2.05) is 45.0 Å². The fourth-order valence-corrected chi connectivity index (χ4v) is 3.93. The second-order valence-corrected chi connectivity index (χ2v) is 8.76. The van der Waals surface area contributed by atoms with Crippen LogP contribution >= 0.6 is 31.9 Å². The van der Waals surface area contributed by atoms with Gasteiger partial charge in [0.2, 0.25) is 0 Å². The standard InChI is InChI=1S/C23H25Br2N3O3/c1-5-14(4)22-27-19-9-8-16(24)11-17(19)23(29)28(22)26-13-15-10-18(25)21(31-7-3)12-20(15)30-6-2/h8-14H,5-7H2,1-4H3/t14-/m1/s1. The third-order valence-corrected chi connectivity index (χ3v) is 5.98. The lowest BCUT2D eigenvalue weighted by molar-refractivity contribution is 0.321. The van der Waals surface area contributed by atoms with Gasteiger partial charge in [0.05, 0.1) is 34.8 Å². The number of nitrogens with zero attached hydrogens (tertiary/aromatic N) is 3. The maximum atomic E-state index is 13.3. The van der Waals surface area contributed by atoms with Crippen LogP contribution in [0.2, 0.25) is 0 Å². The molecule has 2 aromatic carbocycles. The Morgan fingerprint density at radius 2 is 1.81 bits per heavy atom. The number of aromatic nitrogens is 2. The second kappa shape index (κ2) is 10.4. The molecule has 8 heteroatoms. The number of hydrogen-bond acceptors (Lipinski definition) is 5. The van der Waals surface area contributed by atoms with Crippen LogP contribution in [0.5, 0.6) is 11.5 Å². The van der Waals surface area contributed by atoms with Crippen molar-refractivity contribution < 1.29 is 9.47 Å². The predicted octanol–water partition coefficient (Wildman–Crippen LogP) is 6.11. The zero-order chi connectivity index (χ0) is 22.5. The van der Waals surface area contributed by atoms with Gasteiger partial charge in [0, 0.05) is 22.0 Å². The quantitative estimate of drug-likeness (QED) is 0.317. The number of hydrogen-bond donors (Lipinski definition) is 0. The van der Waals surface area contributed by atoms with Crippen LogP contribution in [0, 0.1) is 0 Å². The van der Waals surface area contributed by atoms with Gasteiger partial charge in [0.1, 0.15) is 17.3 Å². The third kappa shape index (κ3) is 5.18. The summed E-state index contributed by atoms with van der Waals surface area (Å²) in [5.41, 5.74) is 1.18. The minimum atomic E-state index is -0.208. The Morgan fingerprint density at radius 3 is 2.48 bits per heavy atom. The molecule has 6 nitrogen and oxygen atoms in total. The summed E-state index contributed by atoms with van der Waals surface area (Å²) in [6, 6.07) is 9.20. The molecule has 3 aromatic rings. The van der Waals surface area contributed by atoms with E-state index in [2.05, 4.69) is 43.9 Å². The molecule has 0 aliphatic heterocycles. The molecule has 0 saturated heterocycles. The first-order chi connectivity index (χ1) is 14.9. The first kappa shape index (κ1) is 23.5. The van der Waals surface area contributed by atoms with Crippen molar-refractivity contribution in [3.8, 4) is 11.5 Å². The highest BCUT2D eigenvalue weighted by Gasteiger charge is 2.16. The van der Waals surface area contributed by atoms with Gasteiger partial charge in [-0.15, -0.1) is 0 Å². The minimum Gasteiger partial charge on any atom is -0.493 e. The number of ether oxygens (including phenoxy) is 2. The zero-order valence-corrected chi connectivity index (χ0v) is 21.2. The van der Waals surface area contributed by atoms with Gasteiger partial charge in [0.15, 0.2) is 0 Å². The second-order valence-electron chi connectivity index (χ2n) is 6.99. The van der Waals surface area contributed by atoms with Gasteiger partial charge >= 0.3 is 0 Å². The van der Waals surface area contributed by atoms with E-state index in [0.29, 0.717) is 41.4 Å². The van der Waals surface area contributed by atoms with Crippen molar-refractivity contribution in [2.45, 2.75) is 40.0 Å². The van der Waals surface area contributed by atoms with Crippen molar-refractivity contribution >= 4 is 49.0 Å². The summed E-state index contributed by atoms with van der Waals surface area (Å²) < 4.78 is 14.4. The minimum absolute atomic E-state index is 0.0660. The van der Waals surface area contributed by atoms with Gasteiger partial charge in [-0.2, -0.15) is 9.78 Å². The van der Waals surface area contributed by atoms with Crippen LogP contribution in [0.1, 0.15) is 51.4 Å². The van der Waals surface area contributed by atoms with Crippen LogP contribution in [0.25, 0.3) is 10.9 Å². The molecule has 31 heavy (non-hydrogen) atoms. The van der Waals surface area contributed by atoms with E-state index in [4.69, 9.17) is 14.5 Å². The molecule has 0 saturated carbocycles. The lowest BCUT2D eigenvalue weighted by Crippen LogP contribution is -2.23. The molecule has 0 spiro atoms. The lowest BCUT2D eigenvalue weighted by Gasteiger charge is -2.15. The fourth-order valence-electron chi connectivity index (χ4n) is 3.10. The lowest BCUT2D eigenvalue weighted by atomic mass is 10.1. The molecule has 0 unspecified atom stereocenters. The van der Waals surface area contributed by atoms with Crippen molar-refractivity contribution in [2.24, 2.45) is 5.10 Å². The topological polar surface area (TPSA) is 65.7 Å². The molecule has 0 radical (unpaired) electrons. The van der Waals surface area contributed by atoms with Gasteiger partial charge in [-0.1, -0.05) is 29.8 Å². The van der Waals surface area contributed by atoms with E-state index in [1.54, 1.807) is 12.3 Å². The van der Waals surface area contributed by atoms with Crippen molar-refractivity contribution in [3.05, 3.63) is 61.0 Å². The van der Waals surface area contributed by atoms with Gasteiger partial charge in [-0.25, -0.2) is 4.98 Å². The number of benzene rings is 2. The molecule has 3 rings (SSSR count). The van der Waals surface area contributed by atoms with Crippen molar-refractivity contribution in [1.82, 2.24) is 9.66 Å². The molecule has 1 atom stereocenters. The molecule has 0 aliphatic rings. The monoisotopic (exact) mass is 549 g/mol. The molecule has 0 amide bonds. The zero-order valence-electron chi connectivity index (χ0n) is 18.0. The van der Waals surface area contributed by atoms with E-state index in [-0.39, 0.29) is 11.5 Å². The van der Waals surface area contributed by atoms with Crippen LogP contribution < -0.4 is 15.0 Å². The summed E-state index contributed by atoms with van der Waals surface area (Å²) in [6.45, 7) is 8.99. The first-order valence-corrected chi connectivity index (χ1v) is 11.8.